The maximum absolute atomic E-state index is 6.04. The van der Waals surface area contributed by atoms with Crippen LogP contribution in [0, 0.1) is 0 Å². The number of aliphatic imine (C=N–C) groups is 2. The number of nitrogens with zero attached hydrogens (tertiary/aromatic N) is 2. The predicted molar refractivity (Wildman–Crippen MR) is 122 cm³/mol. The van der Waals surface area contributed by atoms with Gasteiger partial charge in [-0.25, -0.2) is 9.98 Å². The fourth-order valence-corrected chi connectivity index (χ4v) is 4.02. The van der Waals surface area contributed by atoms with E-state index in [1.165, 1.54) is 0 Å². The topological polar surface area (TPSA) is 43.2 Å². The second-order valence-electron chi connectivity index (χ2n) is 6.17. The molecule has 0 bridgehead atoms. The summed E-state index contributed by atoms with van der Waals surface area (Å²) in [4.78, 5) is 9.25. The molecule has 2 aromatic rings. The third-order valence-electron chi connectivity index (χ3n) is 4.38. The summed E-state index contributed by atoms with van der Waals surface area (Å²) < 4.78 is 13.9. The van der Waals surface area contributed by atoms with Gasteiger partial charge in [0, 0.05) is 20.0 Å². The first-order valence-corrected chi connectivity index (χ1v) is 11.6. The van der Waals surface area contributed by atoms with E-state index >= 15 is 0 Å². The molecule has 4 rings (SSSR count). The summed E-state index contributed by atoms with van der Waals surface area (Å²) in [5.74, 6) is 1.47. The molecule has 0 N–H and O–H groups in total. The molecule has 0 aliphatic carbocycles. The van der Waals surface area contributed by atoms with Gasteiger partial charge in [0.15, 0.2) is 0 Å². The Balaban J connectivity index is 1.74. The first-order chi connectivity index (χ1) is 12.8. The molecule has 0 saturated carbocycles. The molecular formula is C20H18I2N2O2. The quantitative estimate of drug-likeness (QED) is 0.391. The van der Waals surface area contributed by atoms with E-state index < -0.39 is 0 Å². The van der Waals surface area contributed by atoms with Gasteiger partial charge in [0.2, 0.25) is 11.8 Å². The van der Waals surface area contributed by atoms with Crippen molar-refractivity contribution in [2.24, 2.45) is 9.98 Å². The van der Waals surface area contributed by atoms with Crippen LogP contribution >= 0.6 is 45.2 Å². The van der Waals surface area contributed by atoms with Crippen LogP contribution in [0.1, 0.15) is 11.1 Å². The van der Waals surface area contributed by atoms with Gasteiger partial charge in [0.05, 0.1) is 13.1 Å². The Morgan fingerprint density at radius 3 is 1.42 bits per heavy atom. The van der Waals surface area contributed by atoms with Crippen LogP contribution < -0.4 is 0 Å². The lowest BCUT2D eigenvalue weighted by atomic mass is 9.95. The van der Waals surface area contributed by atoms with Crippen molar-refractivity contribution in [3.63, 3.8) is 0 Å². The maximum atomic E-state index is 6.04. The summed E-state index contributed by atoms with van der Waals surface area (Å²) in [6.07, 6.45) is 0.335. The van der Waals surface area contributed by atoms with Crippen LogP contribution in [0.2, 0.25) is 0 Å². The normalized spacial score (nSPS) is 21.8. The van der Waals surface area contributed by atoms with Crippen molar-refractivity contribution in [2.75, 3.05) is 21.9 Å². The zero-order chi connectivity index (χ0) is 17.9. The number of hydrogen-bond acceptors (Lipinski definition) is 4. The van der Waals surface area contributed by atoms with E-state index in [-0.39, 0.29) is 12.2 Å². The summed E-state index contributed by atoms with van der Waals surface area (Å²) in [6.45, 7) is 1.45. The third-order valence-corrected chi connectivity index (χ3v) is 6.35. The first-order valence-electron chi connectivity index (χ1n) is 8.53. The highest BCUT2D eigenvalue weighted by Crippen LogP contribution is 2.31. The SMILES string of the molecule is ICC1CN=C(c2ccccc2-c2ccccc2C2=NCC(CI)O2)O1. The molecule has 2 aliphatic rings. The zero-order valence-corrected chi connectivity index (χ0v) is 18.4. The van der Waals surface area contributed by atoms with Crippen molar-refractivity contribution >= 4 is 57.0 Å². The molecular weight excluding hydrogens is 554 g/mol. The Kier molecular flexibility index (Phi) is 5.78. The molecule has 26 heavy (non-hydrogen) atoms. The standard InChI is InChI=1S/C20H18I2N2O2/c21-9-13-11-23-19(25-13)17-7-3-1-5-15(17)16-6-2-4-8-18(16)20-24-12-14(10-22)26-20/h1-8,13-14H,9-12H2. The minimum absolute atomic E-state index is 0.167. The van der Waals surface area contributed by atoms with Gasteiger partial charge in [-0.2, -0.15) is 0 Å². The Morgan fingerprint density at radius 1 is 0.692 bits per heavy atom. The molecule has 0 spiro atoms. The minimum Gasteiger partial charge on any atom is -0.471 e. The molecule has 0 radical (unpaired) electrons. The molecule has 2 aliphatic heterocycles. The lowest BCUT2D eigenvalue weighted by Crippen LogP contribution is -2.16. The lowest BCUT2D eigenvalue weighted by molar-refractivity contribution is 0.253. The van der Waals surface area contributed by atoms with E-state index in [0.717, 1.165) is 56.0 Å². The lowest BCUT2D eigenvalue weighted by Gasteiger charge is -2.15. The van der Waals surface area contributed by atoms with Crippen molar-refractivity contribution in [3.8, 4) is 11.1 Å². The van der Waals surface area contributed by atoms with Crippen LogP contribution in [0.4, 0.5) is 0 Å². The molecule has 0 amide bonds. The molecule has 0 aromatic heterocycles. The summed E-state index contributed by atoms with van der Waals surface area (Å²) in [7, 11) is 0. The highest BCUT2D eigenvalue weighted by molar-refractivity contribution is 14.1. The number of rotatable bonds is 5. The van der Waals surface area contributed by atoms with Crippen LogP contribution in [-0.4, -0.2) is 45.9 Å². The van der Waals surface area contributed by atoms with Crippen molar-refractivity contribution < 1.29 is 9.47 Å². The van der Waals surface area contributed by atoms with E-state index in [4.69, 9.17) is 9.47 Å². The number of halogens is 2. The van der Waals surface area contributed by atoms with E-state index in [0.29, 0.717) is 0 Å². The van der Waals surface area contributed by atoms with Crippen LogP contribution in [0.25, 0.3) is 11.1 Å². The zero-order valence-electron chi connectivity index (χ0n) is 14.1. The Labute approximate surface area is 180 Å². The van der Waals surface area contributed by atoms with Crippen LogP contribution in [0.3, 0.4) is 0 Å². The number of benzene rings is 2. The van der Waals surface area contributed by atoms with Gasteiger partial charge in [-0.1, -0.05) is 81.6 Å². The highest BCUT2D eigenvalue weighted by Gasteiger charge is 2.25. The number of ether oxygens (including phenoxy) is 2. The van der Waals surface area contributed by atoms with Crippen molar-refractivity contribution in [2.45, 2.75) is 12.2 Å². The Bertz CT molecular complexity index is 795. The summed E-state index contributed by atoms with van der Waals surface area (Å²) in [5, 5.41) is 0. The molecule has 0 saturated heterocycles. The van der Waals surface area contributed by atoms with E-state index in [9.17, 15) is 0 Å². The fraction of sp³-hybridized carbons (Fsp3) is 0.300. The van der Waals surface area contributed by atoms with Gasteiger partial charge in [-0.15, -0.1) is 0 Å². The number of alkyl halides is 2. The summed E-state index contributed by atoms with van der Waals surface area (Å²) in [5.41, 5.74) is 4.24. The summed E-state index contributed by atoms with van der Waals surface area (Å²) >= 11 is 4.69. The maximum Gasteiger partial charge on any atom is 0.217 e. The average Bonchev–Trinajstić information content (AvgIpc) is 3.37. The molecule has 4 nitrogen and oxygen atoms in total. The monoisotopic (exact) mass is 572 g/mol. The van der Waals surface area contributed by atoms with Crippen molar-refractivity contribution in [1.82, 2.24) is 0 Å². The van der Waals surface area contributed by atoms with Gasteiger partial charge >= 0.3 is 0 Å². The molecule has 2 atom stereocenters. The average molecular weight is 572 g/mol. The van der Waals surface area contributed by atoms with Crippen LogP contribution in [0.5, 0.6) is 0 Å². The minimum atomic E-state index is 0.167. The van der Waals surface area contributed by atoms with Crippen molar-refractivity contribution in [3.05, 3.63) is 59.7 Å². The van der Waals surface area contributed by atoms with Gasteiger partial charge in [0.25, 0.3) is 0 Å². The summed E-state index contributed by atoms with van der Waals surface area (Å²) in [6, 6.07) is 16.5. The fourth-order valence-electron chi connectivity index (χ4n) is 3.10. The molecule has 6 heteroatoms. The van der Waals surface area contributed by atoms with Crippen molar-refractivity contribution in [1.29, 1.82) is 0 Å². The van der Waals surface area contributed by atoms with Gasteiger partial charge in [-0.3, -0.25) is 0 Å². The molecule has 2 aromatic carbocycles. The third kappa shape index (κ3) is 3.62. The predicted octanol–water partition coefficient (Wildman–Crippen LogP) is 4.51. The molecule has 0 fully saturated rings. The second kappa shape index (κ2) is 8.24. The van der Waals surface area contributed by atoms with E-state index in [1.54, 1.807) is 0 Å². The second-order valence-corrected chi connectivity index (χ2v) is 7.93. The van der Waals surface area contributed by atoms with Crippen LogP contribution in [0.15, 0.2) is 58.5 Å². The van der Waals surface area contributed by atoms with E-state index in [2.05, 4.69) is 79.4 Å². The van der Waals surface area contributed by atoms with Gasteiger partial charge < -0.3 is 9.47 Å². The Hall–Kier alpha value is -1.16. The first kappa shape index (κ1) is 18.2. The molecule has 2 heterocycles. The van der Waals surface area contributed by atoms with Gasteiger partial charge in [0.1, 0.15) is 12.2 Å². The highest BCUT2D eigenvalue weighted by atomic mass is 127. The van der Waals surface area contributed by atoms with Crippen LogP contribution in [-0.2, 0) is 9.47 Å². The Morgan fingerprint density at radius 2 is 1.08 bits per heavy atom. The van der Waals surface area contributed by atoms with E-state index in [1.807, 2.05) is 24.3 Å². The molecule has 134 valence electrons. The smallest absolute Gasteiger partial charge is 0.217 e. The largest absolute Gasteiger partial charge is 0.471 e. The molecule has 2 unspecified atom stereocenters. The number of hydrogen-bond donors (Lipinski definition) is 0. The van der Waals surface area contributed by atoms with Gasteiger partial charge in [-0.05, 0) is 23.3 Å².